The minimum atomic E-state index is 0.254. The number of ketones is 1. The Kier molecular flexibility index (Phi) is 2.74. The summed E-state index contributed by atoms with van der Waals surface area (Å²) in [5.41, 5.74) is 3.49. The first-order valence-electron chi connectivity index (χ1n) is 6.44. The van der Waals surface area contributed by atoms with Gasteiger partial charge in [-0.15, -0.1) is 0 Å². The molecule has 0 unspecified atom stereocenters. The van der Waals surface area contributed by atoms with E-state index in [1.807, 2.05) is 16.8 Å². The van der Waals surface area contributed by atoms with Gasteiger partial charge in [-0.2, -0.15) is 5.10 Å². The Hall–Kier alpha value is -1.90. The molecule has 0 fully saturated rings. The van der Waals surface area contributed by atoms with E-state index < -0.39 is 0 Å². The van der Waals surface area contributed by atoms with Crippen LogP contribution < -0.4 is 0 Å². The molecule has 0 saturated carbocycles. The average Bonchev–Trinajstić information content (AvgIpc) is 2.95. The number of para-hydroxylation sites is 1. The molecule has 1 aliphatic carbocycles. The zero-order chi connectivity index (χ0) is 12.5. The Morgan fingerprint density at radius 1 is 1.28 bits per heavy atom. The quantitative estimate of drug-likeness (QED) is 0.826. The van der Waals surface area contributed by atoms with Crippen molar-refractivity contribution in [2.45, 2.75) is 32.7 Å². The molecule has 0 N–H and O–H groups in total. The Labute approximate surface area is 106 Å². The van der Waals surface area contributed by atoms with E-state index in [4.69, 9.17) is 0 Å². The molecule has 0 spiro atoms. The zero-order valence-corrected chi connectivity index (χ0v) is 10.5. The van der Waals surface area contributed by atoms with Gasteiger partial charge in [-0.05, 0) is 25.5 Å². The molecule has 2 aromatic rings. The third-order valence-corrected chi connectivity index (χ3v) is 3.49. The molecule has 1 aliphatic rings. The van der Waals surface area contributed by atoms with Crippen LogP contribution in [0.5, 0.6) is 0 Å². The second-order valence-electron chi connectivity index (χ2n) is 4.73. The number of fused-ring (bicyclic) bond motifs is 1. The molecule has 1 aromatic heterocycles. The topological polar surface area (TPSA) is 34.9 Å². The Balaban J connectivity index is 2.01. The zero-order valence-electron chi connectivity index (χ0n) is 10.5. The van der Waals surface area contributed by atoms with Crippen molar-refractivity contribution in [2.24, 2.45) is 0 Å². The van der Waals surface area contributed by atoms with Crippen molar-refractivity contribution in [1.82, 2.24) is 9.78 Å². The van der Waals surface area contributed by atoms with Gasteiger partial charge in [0.15, 0.2) is 5.78 Å². The first-order chi connectivity index (χ1) is 8.78. The van der Waals surface area contributed by atoms with Crippen LogP contribution in [0.1, 0.15) is 25.5 Å². The lowest BCUT2D eigenvalue weighted by atomic mass is 10.1. The van der Waals surface area contributed by atoms with Crippen molar-refractivity contribution >= 4 is 16.7 Å². The summed E-state index contributed by atoms with van der Waals surface area (Å²) >= 11 is 0. The van der Waals surface area contributed by atoms with E-state index in [0.29, 0.717) is 6.42 Å². The van der Waals surface area contributed by atoms with Crippen LogP contribution in [0.4, 0.5) is 0 Å². The molecule has 0 amide bonds. The van der Waals surface area contributed by atoms with Crippen molar-refractivity contribution < 1.29 is 4.79 Å². The Bertz CT molecular complexity index is 637. The molecule has 0 aliphatic heterocycles. The van der Waals surface area contributed by atoms with Gasteiger partial charge in [0.2, 0.25) is 0 Å². The first kappa shape index (κ1) is 11.2. The molecule has 0 radical (unpaired) electrons. The summed E-state index contributed by atoms with van der Waals surface area (Å²) in [5, 5.41) is 5.87. The van der Waals surface area contributed by atoms with Gasteiger partial charge in [0.25, 0.3) is 0 Å². The van der Waals surface area contributed by atoms with Crippen molar-refractivity contribution in [2.75, 3.05) is 0 Å². The van der Waals surface area contributed by atoms with Crippen LogP contribution in [-0.2, 0) is 17.8 Å². The largest absolute Gasteiger partial charge is 0.295 e. The van der Waals surface area contributed by atoms with E-state index in [1.54, 1.807) is 6.08 Å². The van der Waals surface area contributed by atoms with E-state index in [-0.39, 0.29) is 5.78 Å². The van der Waals surface area contributed by atoms with Crippen LogP contribution in [0.3, 0.4) is 0 Å². The van der Waals surface area contributed by atoms with E-state index in [9.17, 15) is 4.79 Å². The summed E-state index contributed by atoms with van der Waals surface area (Å²) < 4.78 is 2.03. The monoisotopic (exact) mass is 240 g/mol. The number of benzene rings is 1. The SMILES string of the molecule is CCn1nc(CC2=CC(=O)CC2)c2ccccc21. The van der Waals surface area contributed by atoms with E-state index in [1.165, 1.54) is 16.5 Å². The van der Waals surface area contributed by atoms with Gasteiger partial charge in [-0.1, -0.05) is 23.8 Å². The predicted molar refractivity (Wildman–Crippen MR) is 71.4 cm³/mol. The maximum Gasteiger partial charge on any atom is 0.155 e. The van der Waals surface area contributed by atoms with Gasteiger partial charge in [0.05, 0.1) is 11.2 Å². The van der Waals surface area contributed by atoms with E-state index in [2.05, 4.69) is 24.2 Å². The van der Waals surface area contributed by atoms with Gasteiger partial charge in [-0.3, -0.25) is 9.48 Å². The third kappa shape index (κ3) is 1.86. The molecule has 18 heavy (non-hydrogen) atoms. The molecule has 0 atom stereocenters. The molecular weight excluding hydrogens is 224 g/mol. The minimum Gasteiger partial charge on any atom is -0.295 e. The van der Waals surface area contributed by atoms with Crippen LogP contribution in [0.2, 0.25) is 0 Å². The van der Waals surface area contributed by atoms with Gasteiger partial charge >= 0.3 is 0 Å². The molecule has 92 valence electrons. The normalized spacial score (nSPS) is 15.4. The van der Waals surface area contributed by atoms with Crippen molar-refractivity contribution in [3.05, 3.63) is 41.6 Å². The highest BCUT2D eigenvalue weighted by Crippen LogP contribution is 2.24. The maximum absolute atomic E-state index is 11.3. The number of carbonyl (C=O) groups excluding carboxylic acids is 1. The van der Waals surface area contributed by atoms with Crippen LogP contribution in [0, 0.1) is 0 Å². The summed E-state index contributed by atoms with van der Waals surface area (Å²) in [6.45, 7) is 2.97. The number of hydrogen-bond donors (Lipinski definition) is 0. The minimum absolute atomic E-state index is 0.254. The molecule has 3 nitrogen and oxygen atoms in total. The molecule has 0 bridgehead atoms. The smallest absolute Gasteiger partial charge is 0.155 e. The highest BCUT2D eigenvalue weighted by molar-refractivity contribution is 5.93. The maximum atomic E-state index is 11.3. The number of allylic oxidation sites excluding steroid dienone is 2. The van der Waals surface area contributed by atoms with E-state index in [0.717, 1.165) is 25.1 Å². The predicted octanol–water partition coefficient (Wildman–Crippen LogP) is 2.89. The summed E-state index contributed by atoms with van der Waals surface area (Å²) in [6, 6.07) is 8.30. The number of aromatic nitrogens is 2. The lowest BCUT2D eigenvalue weighted by molar-refractivity contribution is -0.114. The standard InChI is InChI=1S/C15H16N2O/c1-2-17-15-6-4-3-5-13(15)14(16-17)10-11-7-8-12(18)9-11/h3-6,9H,2,7-8,10H2,1H3. The molecule has 1 aromatic carbocycles. The fourth-order valence-electron chi connectivity index (χ4n) is 2.58. The van der Waals surface area contributed by atoms with Gasteiger partial charge in [0.1, 0.15) is 0 Å². The second kappa shape index (κ2) is 4.41. The Morgan fingerprint density at radius 2 is 2.11 bits per heavy atom. The average molecular weight is 240 g/mol. The van der Waals surface area contributed by atoms with Crippen molar-refractivity contribution in [3.63, 3.8) is 0 Å². The number of carbonyl (C=O) groups is 1. The highest BCUT2D eigenvalue weighted by Gasteiger charge is 2.16. The van der Waals surface area contributed by atoms with Crippen LogP contribution in [-0.4, -0.2) is 15.6 Å². The third-order valence-electron chi connectivity index (χ3n) is 3.49. The fraction of sp³-hybridized carbons (Fsp3) is 0.333. The molecule has 0 saturated heterocycles. The number of aryl methyl sites for hydroxylation is 1. The second-order valence-corrected chi connectivity index (χ2v) is 4.73. The number of hydrogen-bond acceptors (Lipinski definition) is 2. The van der Waals surface area contributed by atoms with Gasteiger partial charge in [-0.25, -0.2) is 0 Å². The fourth-order valence-corrected chi connectivity index (χ4v) is 2.58. The van der Waals surface area contributed by atoms with Gasteiger partial charge in [0, 0.05) is 24.8 Å². The van der Waals surface area contributed by atoms with Crippen LogP contribution in [0.25, 0.3) is 10.9 Å². The molecule has 1 heterocycles. The summed E-state index contributed by atoms with van der Waals surface area (Å²) in [6.07, 6.45) is 4.16. The summed E-state index contributed by atoms with van der Waals surface area (Å²) in [4.78, 5) is 11.3. The lowest BCUT2D eigenvalue weighted by Gasteiger charge is -1.97. The van der Waals surface area contributed by atoms with Gasteiger partial charge < -0.3 is 0 Å². The molecule has 3 rings (SSSR count). The van der Waals surface area contributed by atoms with Crippen molar-refractivity contribution in [1.29, 1.82) is 0 Å². The highest BCUT2D eigenvalue weighted by atomic mass is 16.1. The lowest BCUT2D eigenvalue weighted by Crippen LogP contribution is -1.97. The first-order valence-corrected chi connectivity index (χ1v) is 6.44. The van der Waals surface area contributed by atoms with Crippen molar-refractivity contribution in [3.8, 4) is 0 Å². The summed E-state index contributed by atoms with van der Waals surface area (Å²) in [5.74, 6) is 0.254. The summed E-state index contributed by atoms with van der Waals surface area (Å²) in [7, 11) is 0. The van der Waals surface area contributed by atoms with E-state index >= 15 is 0 Å². The number of rotatable bonds is 3. The van der Waals surface area contributed by atoms with Crippen LogP contribution in [0.15, 0.2) is 35.9 Å². The molecular formula is C15H16N2O. The molecule has 3 heteroatoms. The van der Waals surface area contributed by atoms with Crippen LogP contribution >= 0.6 is 0 Å². The Morgan fingerprint density at radius 3 is 2.83 bits per heavy atom. The number of nitrogens with zero attached hydrogens (tertiary/aromatic N) is 2.